The third-order valence-corrected chi connectivity index (χ3v) is 2.33. The molecule has 0 bridgehead atoms. The molecule has 0 saturated carbocycles. The molecule has 0 spiro atoms. The van der Waals surface area contributed by atoms with Gasteiger partial charge in [0.2, 0.25) is 0 Å². The lowest BCUT2D eigenvalue weighted by atomic mass is 10.1. The van der Waals surface area contributed by atoms with Gasteiger partial charge in [0.1, 0.15) is 0 Å². The molecule has 0 aliphatic heterocycles. The number of halogens is 6. The van der Waals surface area contributed by atoms with E-state index >= 15 is 0 Å². The van der Waals surface area contributed by atoms with Crippen molar-refractivity contribution in [2.24, 2.45) is 0 Å². The Balaban J connectivity index is 2.57. The molecule has 0 atom stereocenters. The molecule has 0 radical (unpaired) electrons. The highest BCUT2D eigenvalue weighted by Gasteiger charge is 2.30. The van der Waals surface area contributed by atoms with E-state index in [1.54, 1.807) is 0 Å². The lowest BCUT2D eigenvalue weighted by Crippen LogP contribution is -2.12. The fourth-order valence-electron chi connectivity index (χ4n) is 1.41. The van der Waals surface area contributed by atoms with Crippen molar-refractivity contribution in [1.82, 2.24) is 0 Å². The number of alkyl halides is 6. The molecule has 19 heavy (non-hydrogen) atoms. The minimum Gasteiger partial charge on any atom is -0.397 e. The molecule has 0 aliphatic carbocycles. The first-order chi connectivity index (χ1) is 8.59. The largest absolute Gasteiger partial charge is 0.416 e. The van der Waals surface area contributed by atoms with Gasteiger partial charge in [-0.1, -0.05) is 0 Å². The highest BCUT2D eigenvalue weighted by Crippen LogP contribution is 2.32. The maximum Gasteiger partial charge on any atom is 0.416 e. The Hall–Kier alpha value is -1.60. The van der Waals surface area contributed by atoms with Crippen LogP contribution in [-0.2, 0) is 6.18 Å². The summed E-state index contributed by atoms with van der Waals surface area (Å²) in [5.74, 6) is 0. The Kier molecular flexibility index (Phi) is 4.54. The minimum absolute atomic E-state index is 0.0188. The Morgan fingerprint density at radius 2 is 1.68 bits per heavy atom. The molecule has 0 amide bonds. The van der Waals surface area contributed by atoms with E-state index in [4.69, 9.17) is 5.73 Å². The molecule has 0 fully saturated rings. The molecular weight excluding hydrogens is 274 g/mol. The Labute approximate surface area is 105 Å². The number of hydrogen-bond donors (Lipinski definition) is 2. The topological polar surface area (TPSA) is 38.0 Å². The number of rotatable bonds is 4. The van der Waals surface area contributed by atoms with Crippen LogP contribution in [0, 0.1) is 0 Å². The highest BCUT2D eigenvalue weighted by atomic mass is 19.4. The van der Waals surface area contributed by atoms with Gasteiger partial charge in [-0.05, 0) is 24.6 Å². The normalized spacial score (nSPS) is 12.5. The Bertz CT molecular complexity index is 424. The van der Waals surface area contributed by atoms with Crippen molar-refractivity contribution in [3.63, 3.8) is 0 Å². The molecule has 8 heteroatoms. The molecular formula is C11H12F6N2. The molecule has 0 saturated heterocycles. The van der Waals surface area contributed by atoms with E-state index in [0.29, 0.717) is 0 Å². The number of nitrogen functional groups attached to an aromatic ring is 1. The zero-order valence-electron chi connectivity index (χ0n) is 9.70. The first kappa shape index (κ1) is 15.5. The molecule has 1 aromatic rings. The fraction of sp³-hybridized carbons (Fsp3) is 0.455. The van der Waals surface area contributed by atoms with Gasteiger partial charge in [-0.15, -0.1) is 0 Å². The van der Waals surface area contributed by atoms with Crippen molar-refractivity contribution >= 4 is 11.4 Å². The van der Waals surface area contributed by atoms with Gasteiger partial charge in [0, 0.05) is 13.0 Å². The maximum atomic E-state index is 12.3. The third-order valence-electron chi connectivity index (χ3n) is 2.33. The number of anilines is 2. The van der Waals surface area contributed by atoms with Crippen LogP contribution >= 0.6 is 0 Å². The molecule has 3 N–H and O–H groups in total. The summed E-state index contributed by atoms with van der Waals surface area (Å²) in [6.45, 7) is -0.0188. The van der Waals surface area contributed by atoms with Crippen molar-refractivity contribution < 1.29 is 26.3 Å². The quantitative estimate of drug-likeness (QED) is 0.498. The number of benzene rings is 1. The predicted octanol–water partition coefficient (Wildman–Crippen LogP) is 4.04. The summed E-state index contributed by atoms with van der Waals surface area (Å²) in [6.07, 6.45) is -9.87. The first-order valence-electron chi connectivity index (χ1n) is 5.37. The van der Waals surface area contributed by atoms with Crippen LogP contribution in [0.5, 0.6) is 0 Å². The van der Waals surface area contributed by atoms with Gasteiger partial charge in [-0.3, -0.25) is 0 Å². The van der Waals surface area contributed by atoms with Gasteiger partial charge in [-0.2, -0.15) is 26.3 Å². The third kappa shape index (κ3) is 5.27. The van der Waals surface area contributed by atoms with E-state index in [1.165, 1.54) is 0 Å². The van der Waals surface area contributed by atoms with Gasteiger partial charge in [-0.25, -0.2) is 0 Å². The second kappa shape index (κ2) is 5.58. The van der Waals surface area contributed by atoms with Crippen LogP contribution in [0.1, 0.15) is 18.4 Å². The first-order valence-corrected chi connectivity index (χ1v) is 5.37. The maximum absolute atomic E-state index is 12.3. The SMILES string of the molecule is Nc1cc(C(F)(F)F)ccc1NCCCC(F)(F)F. The van der Waals surface area contributed by atoms with Crippen LogP contribution in [0.4, 0.5) is 37.7 Å². The van der Waals surface area contributed by atoms with Crippen LogP contribution in [0.3, 0.4) is 0 Å². The molecule has 0 aliphatic rings. The van der Waals surface area contributed by atoms with Crippen LogP contribution in [0.15, 0.2) is 18.2 Å². The van der Waals surface area contributed by atoms with Crippen molar-refractivity contribution in [2.45, 2.75) is 25.2 Å². The van der Waals surface area contributed by atoms with Crippen LogP contribution in [0.25, 0.3) is 0 Å². The molecule has 0 heterocycles. The van der Waals surface area contributed by atoms with Gasteiger partial charge in [0.05, 0.1) is 16.9 Å². The highest BCUT2D eigenvalue weighted by molar-refractivity contribution is 5.67. The minimum atomic E-state index is -4.50. The van der Waals surface area contributed by atoms with E-state index in [-0.39, 0.29) is 24.3 Å². The summed E-state index contributed by atoms with van der Waals surface area (Å²) in [7, 11) is 0. The van der Waals surface area contributed by atoms with Crippen molar-refractivity contribution in [3.8, 4) is 0 Å². The number of hydrogen-bond acceptors (Lipinski definition) is 2. The molecule has 1 rings (SSSR count). The van der Waals surface area contributed by atoms with Gasteiger partial charge in [0.25, 0.3) is 0 Å². The van der Waals surface area contributed by atoms with E-state index in [2.05, 4.69) is 5.32 Å². The second-order valence-corrected chi connectivity index (χ2v) is 3.95. The summed E-state index contributed by atoms with van der Waals surface area (Å²) in [5.41, 5.74) is 4.54. The molecule has 108 valence electrons. The van der Waals surface area contributed by atoms with Gasteiger partial charge in [0.15, 0.2) is 0 Å². The number of nitrogens with two attached hydrogens (primary N) is 1. The molecule has 2 nitrogen and oxygen atoms in total. The lowest BCUT2D eigenvalue weighted by Gasteiger charge is -2.13. The lowest BCUT2D eigenvalue weighted by molar-refractivity contribution is -0.137. The summed E-state index contributed by atoms with van der Waals surface area (Å²) in [6, 6.07) is 2.67. The fourth-order valence-corrected chi connectivity index (χ4v) is 1.41. The summed E-state index contributed by atoms with van der Waals surface area (Å²) in [4.78, 5) is 0. The monoisotopic (exact) mass is 286 g/mol. The van der Waals surface area contributed by atoms with Crippen LogP contribution < -0.4 is 11.1 Å². The zero-order valence-corrected chi connectivity index (χ0v) is 9.70. The predicted molar refractivity (Wildman–Crippen MR) is 59.6 cm³/mol. The Morgan fingerprint density at radius 3 is 2.16 bits per heavy atom. The smallest absolute Gasteiger partial charge is 0.397 e. The Morgan fingerprint density at radius 1 is 1.05 bits per heavy atom. The number of nitrogens with one attached hydrogen (secondary N) is 1. The average Bonchev–Trinajstić information content (AvgIpc) is 2.23. The summed E-state index contributed by atoms with van der Waals surface area (Å²) < 4.78 is 72.6. The van der Waals surface area contributed by atoms with E-state index in [1.807, 2.05) is 0 Å². The average molecular weight is 286 g/mol. The second-order valence-electron chi connectivity index (χ2n) is 3.95. The summed E-state index contributed by atoms with van der Waals surface area (Å²) in [5, 5.41) is 2.57. The summed E-state index contributed by atoms with van der Waals surface area (Å²) >= 11 is 0. The van der Waals surface area contributed by atoms with Crippen molar-refractivity contribution in [2.75, 3.05) is 17.6 Å². The van der Waals surface area contributed by atoms with Crippen LogP contribution in [-0.4, -0.2) is 12.7 Å². The molecule has 1 aromatic carbocycles. The van der Waals surface area contributed by atoms with Gasteiger partial charge >= 0.3 is 12.4 Å². The molecule has 0 aromatic heterocycles. The molecule has 0 unspecified atom stereocenters. The van der Waals surface area contributed by atoms with Crippen molar-refractivity contribution in [1.29, 1.82) is 0 Å². The van der Waals surface area contributed by atoms with Crippen LogP contribution in [0.2, 0.25) is 0 Å². The van der Waals surface area contributed by atoms with E-state index in [9.17, 15) is 26.3 Å². The van der Waals surface area contributed by atoms with Crippen molar-refractivity contribution in [3.05, 3.63) is 23.8 Å². The standard InChI is InChI=1S/C11H12F6N2/c12-10(13,14)4-1-5-19-9-3-2-7(6-8(9)18)11(15,16)17/h2-3,6,19H,1,4-5,18H2. The van der Waals surface area contributed by atoms with E-state index < -0.39 is 24.3 Å². The van der Waals surface area contributed by atoms with E-state index in [0.717, 1.165) is 18.2 Å². The van der Waals surface area contributed by atoms with Gasteiger partial charge < -0.3 is 11.1 Å². The zero-order chi connectivity index (χ0) is 14.7.